The lowest BCUT2D eigenvalue weighted by Gasteiger charge is -2.15. The van der Waals surface area contributed by atoms with E-state index in [1.165, 1.54) is 19.2 Å². The van der Waals surface area contributed by atoms with Gasteiger partial charge in [0.15, 0.2) is 0 Å². The van der Waals surface area contributed by atoms with Gasteiger partial charge in [-0.05, 0) is 6.07 Å². The summed E-state index contributed by atoms with van der Waals surface area (Å²) in [5.74, 6) is -0.559. The van der Waals surface area contributed by atoms with Crippen molar-refractivity contribution in [3.63, 3.8) is 0 Å². The zero-order valence-electron chi connectivity index (χ0n) is 8.51. The average Bonchev–Trinajstić information content (AvgIpc) is 2.14. The first kappa shape index (κ1) is 12.8. The van der Waals surface area contributed by atoms with Crippen LogP contribution >= 0.6 is 0 Å². The highest BCUT2D eigenvalue weighted by molar-refractivity contribution is 5.30. The van der Waals surface area contributed by atoms with Crippen LogP contribution < -0.4 is 10.5 Å². The molecule has 1 rings (SSSR count). The Morgan fingerprint density at radius 3 is 2.44 bits per heavy atom. The lowest BCUT2D eigenvalue weighted by Crippen LogP contribution is -2.21. The molecule has 0 heterocycles. The smallest absolute Gasteiger partial charge is 0.390 e. The van der Waals surface area contributed by atoms with Crippen LogP contribution in [0, 0.1) is 5.82 Å². The van der Waals surface area contributed by atoms with Crippen LogP contribution in [0.5, 0.6) is 5.75 Å². The van der Waals surface area contributed by atoms with Crippen LogP contribution in [0.3, 0.4) is 0 Å². The zero-order chi connectivity index (χ0) is 12.3. The number of hydrogen-bond donors (Lipinski definition) is 1. The number of hydrogen-bond acceptors (Lipinski definition) is 2. The van der Waals surface area contributed by atoms with Crippen molar-refractivity contribution in [1.82, 2.24) is 0 Å². The average molecular weight is 237 g/mol. The van der Waals surface area contributed by atoms with Crippen LogP contribution in [0.4, 0.5) is 17.6 Å². The Hall–Kier alpha value is -1.30. The van der Waals surface area contributed by atoms with E-state index in [9.17, 15) is 17.6 Å². The zero-order valence-corrected chi connectivity index (χ0v) is 8.51. The first-order chi connectivity index (χ1) is 7.33. The van der Waals surface area contributed by atoms with Crippen molar-refractivity contribution < 1.29 is 22.3 Å². The summed E-state index contributed by atoms with van der Waals surface area (Å²) >= 11 is 0. The molecule has 1 aromatic carbocycles. The summed E-state index contributed by atoms with van der Waals surface area (Å²) in [7, 11) is 1.34. The third-order valence-corrected chi connectivity index (χ3v) is 2.06. The number of halogens is 4. The second kappa shape index (κ2) is 4.69. The molecule has 2 nitrogen and oxygen atoms in total. The number of benzene rings is 1. The van der Waals surface area contributed by atoms with E-state index in [2.05, 4.69) is 0 Å². The van der Waals surface area contributed by atoms with Crippen LogP contribution in [0.2, 0.25) is 0 Å². The molecule has 0 bridgehead atoms. The third-order valence-electron chi connectivity index (χ3n) is 2.06. The fraction of sp³-hybridized carbons (Fsp3) is 0.400. The van der Waals surface area contributed by atoms with Crippen LogP contribution in [-0.2, 0) is 0 Å². The van der Waals surface area contributed by atoms with Crippen LogP contribution in [0.15, 0.2) is 18.2 Å². The predicted molar refractivity (Wildman–Crippen MR) is 50.6 cm³/mol. The molecular weight excluding hydrogens is 226 g/mol. The van der Waals surface area contributed by atoms with Gasteiger partial charge in [0.2, 0.25) is 0 Å². The molecule has 1 aromatic rings. The summed E-state index contributed by atoms with van der Waals surface area (Å²) in [4.78, 5) is 0. The van der Waals surface area contributed by atoms with E-state index in [0.717, 1.165) is 6.07 Å². The van der Waals surface area contributed by atoms with Crippen LogP contribution in [-0.4, -0.2) is 13.3 Å². The van der Waals surface area contributed by atoms with Crippen molar-refractivity contribution in [3.8, 4) is 5.75 Å². The minimum Gasteiger partial charge on any atom is -0.497 e. The first-order valence-electron chi connectivity index (χ1n) is 4.49. The highest BCUT2D eigenvalue weighted by Gasteiger charge is 2.31. The Morgan fingerprint density at radius 2 is 2.00 bits per heavy atom. The minimum absolute atomic E-state index is 0.168. The number of alkyl halides is 3. The molecule has 0 aromatic heterocycles. The minimum atomic E-state index is -4.41. The Balaban J connectivity index is 2.88. The molecule has 0 fully saturated rings. The lowest BCUT2D eigenvalue weighted by atomic mass is 10.0. The molecule has 0 amide bonds. The van der Waals surface area contributed by atoms with Gasteiger partial charge in [0.05, 0.1) is 13.5 Å². The Labute approximate surface area is 90.0 Å². The van der Waals surface area contributed by atoms with Gasteiger partial charge in [0, 0.05) is 17.7 Å². The standard InChI is InChI=1S/C10H11F4NO/c1-16-6-2-3-7(8(11)4-6)9(15)5-10(12,13)14/h2-4,9H,5,15H2,1H3/t9-/m0/s1. The van der Waals surface area contributed by atoms with E-state index in [0.29, 0.717) is 0 Å². The van der Waals surface area contributed by atoms with Gasteiger partial charge in [0.25, 0.3) is 0 Å². The number of nitrogens with two attached hydrogens (primary N) is 1. The van der Waals surface area contributed by atoms with Gasteiger partial charge in [0.1, 0.15) is 11.6 Å². The van der Waals surface area contributed by atoms with E-state index < -0.39 is 24.5 Å². The van der Waals surface area contributed by atoms with Crippen molar-refractivity contribution in [2.75, 3.05) is 7.11 Å². The van der Waals surface area contributed by atoms with E-state index in [-0.39, 0.29) is 11.3 Å². The topological polar surface area (TPSA) is 35.2 Å². The molecule has 0 saturated heterocycles. The summed E-state index contributed by atoms with van der Waals surface area (Å²) in [5.41, 5.74) is 5.10. The van der Waals surface area contributed by atoms with Gasteiger partial charge in [-0.2, -0.15) is 13.2 Å². The van der Waals surface area contributed by atoms with Gasteiger partial charge in [-0.1, -0.05) is 6.07 Å². The molecule has 0 spiro atoms. The van der Waals surface area contributed by atoms with Crippen LogP contribution in [0.1, 0.15) is 18.0 Å². The van der Waals surface area contributed by atoms with E-state index in [1.807, 2.05) is 0 Å². The highest BCUT2D eigenvalue weighted by Crippen LogP contribution is 2.30. The summed E-state index contributed by atoms with van der Waals surface area (Å²) < 4.78 is 54.2. The molecule has 0 aliphatic carbocycles. The van der Waals surface area contributed by atoms with Gasteiger partial charge in [-0.3, -0.25) is 0 Å². The third kappa shape index (κ3) is 3.37. The van der Waals surface area contributed by atoms with E-state index >= 15 is 0 Å². The molecule has 0 aliphatic rings. The van der Waals surface area contributed by atoms with Gasteiger partial charge in [-0.25, -0.2) is 4.39 Å². The monoisotopic (exact) mass is 237 g/mol. The molecule has 90 valence electrons. The van der Waals surface area contributed by atoms with Crippen molar-refractivity contribution in [3.05, 3.63) is 29.6 Å². The number of rotatable bonds is 3. The van der Waals surface area contributed by atoms with E-state index in [4.69, 9.17) is 10.5 Å². The SMILES string of the molecule is COc1ccc([C@@H](N)CC(F)(F)F)c(F)c1. The molecule has 16 heavy (non-hydrogen) atoms. The van der Waals surface area contributed by atoms with Crippen molar-refractivity contribution >= 4 is 0 Å². The Morgan fingerprint density at radius 1 is 1.38 bits per heavy atom. The highest BCUT2D eigenvalue weighted by atomic mass is 19.4. The van der Waals surface area contributed by atoms with Gasteiger partial charge in [-0.15, -0.1) is 0 Å². The molecular formula is C10H11F4NO. The van der Waals surface area contributed by atoms with Gasteiger partial charge >= 0.3 is 6.18 Å². The lowest BCUT2D eigenvalue weighted by molar-refractivity contribution is -0.138. The fourth-order valence-electron chi connectivity index (χ4n) is 1.29. The fourth-order valence-corrected chi connectivity index (χ4v) is 1.29. The maximum Gasteiger partial charge on any atom is 0.390 e. The Bertz CT molecular complexity index is 364. The molecule has 1 atom stereocenters. The summed E-state index contributed by atoms with van der Waals surface area (Å²) in [6.45, 7) is 0. The Kier molecular flexibility index (Phi) is 3.74. The normalized spacial score (nSPS) is 13.6. The molecule has 2 N–H and O–H groups in total. The maximum atomic E-state index is 13.3. The van der Waals surface area contributed by atoms with Crippen molar-refractivity contribution in [2.24, 2.45) is 5.73 Å². The number of ether oxygens (including phenoxy) is 1. The molecule has 0 saturated carbocycles. The summed E-state index contributed by atoms with van der Waals surface area (Å²) in [5, 5.41) is 0. The van der Waals surface area contributed by atoms with Crippen LogP contribution in [0.25, 0.3) is 0 Å². The molecule has 0 aliphatic heterocycles. The molecule has 0 radical (unpaired) electrons. The van der Waals surface area contributed by atoms with Crippen molar-refractivity contribution in [1.29, 1.82) is 0 Å². The van der Waals surface area contributed by atoms with Crippen molar-refractivity contribution in [2.45, 2.75) is 18.6 Å². The molecule has 6 heteroatoms. The molecule has 0 unspecified atom stereocenters. The second-order valence-corrected chi connectivity index (χ2v) is 3.31. The summed E-state index contributed by atoms with van der Waals surface area (Å²) in [6.07, 6.45) is -5.66. The second-order valence-electron chi connectivity index (χ2n) is 3.31. The maximum absolute atomic E-state index is 13.3. The van der Waals surface area contributed by atoms with E-state index in [1.54, 1.807) is 0 Å². The largest absolute Gasteiger partial charge is 0.497 e. The first-order valence-corrected chi connectivity index (χ1v) is 4.49. The quantitative estimate of drug-likeness (QED) is 0.820. The van der Waals surface area contributed by atoms with Gasteiger partial charge < -0.3 is 10.5 Å². The summed E-state index contributed by atoms with van der Waals surface area (Å²) in [6, 6.07) is 2.18. The number of methoxy groups -OCH3 is 1. The predicted octanol–water partition coefficient (Wildman–Crippen LogP) is 2.79.